The van der Waals surface area contributed by atoms with Gasteiger partial charge in [0.15, 0.2) is 0 Å². The van der Waals surface area contributed by atoms with Gasteiger partial charge in [0.25, 0.3) is 0 Å². The lowest BCUT2D eigenvalue weighted by Gasteiger charge is -2.19. The van der Waals surface area contributed by atoms with Gasteiger partial charge in [-0.05, 0) is 23.0 Å². The van der Waals surface area contributed by atoms with Gasteiger partial charge in [-0.2, -0.15) is 0 Å². The Labute approximate surface area is 92.0 Å². The molecular weight excluding hydrogens is 184 g/mol. The molecule has 0 unspecified atom stereocenters. The van der Waals surface area contributed by atoms with E-state index in [1.165, 1.54) is 11.1 Å². The third-order valence-electron chi connectivity index (χ3n) is 2.63. The quantitative estimate of drug-likeness (QED) is 0.576. The molecular formula is C13H20N2. The highest BCUT2D eigenvalue weighted by Gasteiger charge is 2.15. The minimum Gasteiger partial charge on any atom is -0.384 e. The van der Waals surface area contributed by atoms with Gasteiger partial charge >= 0.3 is 0 Å². The van der Waals surface area contributed by atoms with Crippen molar-refractivity contribution in [3.63, 3.8) is 0 Å². The molecule has 0 atom stereocenters. The van der Waals surface area contributed by atoms with E-state index in [1.54, 1.807) is 0 Å². The van der Waals surface area contributed by atoms with Crippen LogP contribution in [0.15, 0.2) is 18.2 Å². The maximum atomic E-state index is 7.58. The summed E-state index contributed by atoms with van der Waals surface area (Å²) in [5, 5.41) is 7.58. The van der Waals surface area contributed by atoms with Crippen LogP contribution in [0.25, 0.3) is 0 Å². The van der Waals surface area contributed by atoms with Crippen LogP contribution in [0.3, 0.4) is 0 Å². The van der Waals surface area contributed by atoms with Crippen molar-refractivity contribution < 1.29 is 0 Å². The number of nitrogens with one attached hydrogen (secondary N) is 1. The molecule has 1 aromatic rings. The van der Waals surface area contributed by atoms with E-state index in [0.29, 0.717) is 11.8 Å². The summed E-state index contributed by atoms with van der Waals surface area (Å²) in [5.41, 5.74) is 9.02. The number of hydrogen-bond acceptors (Lipinski definition) is 1. The third-order valence-corrected chi connectivity index (χ3v) is 2.63. The van der Waals surface area contributed by atoms with Crippen LogP contribution in [0, 0.1) is 5.41 Å². The van der Waals surface area contributed by atoms with E-state index in [-0.39, 0.29) is 5.84 Å². The van der Waals surface area contributed by atoms with Crippen LogP contribution in [0.4, 0.5) is 0 Å². The lowest BCUT2D eigenvalue weighted by molar-refractivity contribution is 0.788. The van der Waals surface area contributed by atoms with Gasteiger partial charge in [0.2, 0.25) is 0 Å². The third kappa shape index (κ3) is 2.38. The first-order valence-corrected chi connectivity index (χ1v) is 5.42. The molecule has 0 amide bonds. The van der Waals surface area contributed by atoms with Crippen LogP contribution in [0.5, 0.6) is 0 Å². The molecule has 0 aliphatic rings. The van der Waals surface area contributed by atoms with Crippen LogP contribution >= 0.6 is 0 Å². The van der Waals surface area contributed by atoms with E-state index in [4.69, 9.17) is 11.1 Å². The minimum atomic E-state index is 0.168. The van der Waals surface area contributed by atoms with Gasteiger partial charge in [-0.15, -0.1) is 0 Å². The summed E-state index contributed by atoms with van der Waals surface area (Å²) in [5.74, 6) is 1.05. The smallest absolute Gasteiger partial charge is 0.123 e. The van der Waals surface area contributed by atoms with Crippen molar-refractivity contribution >= 4 is 5.84 Å². The highest BCUT2D eigenvalue weighted by Crippen LogP contribution is 2.28. The molecule has 0 heterocycles. The van der Waals surface area contributed by atoms with Crippen LogP contribution < -0.4 is 5.73 Å². The standard InChI is InChI=1S/C13H20N2/c1-8(2)10-6-5-7-11(13(14)15)12(10)9(3)4/h5-9H,1-4H3,(H3,14,15). The second-order valence-corrected chi connectivity index (χ2v) is 4.53. The summed E-state index contributed by atoms with van der Waals surface area (Å²) in [6, 6.07) is 6.05. The van der Waals surface area contributed by atoms with E-state index in [2.05, 4.69) is 33.8 Å². The zero-order valence-electron chi connectivity index (χ0n) is 9.96. The number of benzene rings is 1. The molecule has 0 saturated carbocycles. The second kappa shape index (κ2) is 4.47. The number of amidine groups is 1. The number of hydrogen-bond donors (Lipinski definition) is 2. The van der Waals surface area contributed by atoms with Gasteiger partial charge in [-0.3, -0.25) is 5.41 Å². The normalized spacial score (nSPS) is 11.1. The van der Waals surface area contributed by atoms with Crippen molar-refractivity contribution in [3.05, 3.63) is 34.9 Å². The first-order valence-electron chi connectivity index (χ1n) is 5.42. The van der Waals surface area contributed by atoms with Crippen molar-refractivity contribution in [2.75, 3.05) is 0 Å². The topological polar surface area (TPSA) is 49.9 Å². The Morgan fingerprint density at radius 2 is 1.73 bits per heavy atom. The molecule has 2 nitrogen and oxygen atoms in total. The zero-order valence-corrected chi connectivity index (χ0v) is 9.96. The van der Waals surface area contributed by atoms with Crippen molar-refractivity contribution in [2.45, 2.75) is 39.5 Å². The van der Waals surface area contributed by atoms with E-state index in [0.717, 1.165) is 5.56 Å². The summed E-state index contributed by atoms with van der Waals surface area (Å²) in [7, 11) is 0. The fraction of sp³-hybridized carbons (Fsp3) is 0.462. The highest BCUT2D eigenvalue weighted by atomic mass is 14.7. The van der Waals surface area contributed by atoms with E-state index in [1.807, 2.05) is 12.1 Å². The minimum absolute atomic E-state index is 0.168. The van der Waals surface area contributed by atoms with E-state index >= 15 is 0 Å². The van der Waals surface area contributed by atoms with Crippen LogP contribution in [-0.2, 0) is 0 Å². The summed E-state index contributed by atoms with van der Waals surface area (Å²) >= 11 is 0. The summed E-state index contributed by atoms with van der Waals surface area (Å²) in [4.78, 5) is 0. The Balaban J connectivity index is 3.42. The molecule has 0 aliphatic heterocycles. The largest absolute Gasteiger partial charge is 0.384 e. The summed E-state index contributed by atoms with van der Waals surface area (Å²) in [6.07, 6.45) is 0. The summed E-state index contributed by atoms with van der Waals surface area (Å²) < 4.78 is 0. The Bertz CT molecular complexity index is 365. The number of nitrogens with two attached hydrogens (primary N) is 1. The Kier molecular flexibility index (Phi) is 3.51. The van der Waals surface area contributed by atoms with Crippen molar-refractivity contribution in [3.8, 4) is 0 Å². The second-order valence-electron chi connectivity index (χ2n) is 4.53. The number of nitrogen functional groups attached to an aromatic ring is 1. The fourth-order valence-electron chi connectivity index (χ4n) is 1.97. The monoisotopic (exact) mass is 204 g/mol. The van der Waals surface area contributed by atoms with E-state index in [9.17, 15) is 0 Å². The molecule has 0 spiro atoms. The zero-order chi connectivity index (χ0) is 11.6. The molecule has 2 heteroatoms. The number of rotatable bonds is 3. The molecule has 1 rings (SSSR count). The van der Waals surface area contributed by atoms with Gasteiger partial charge < -0.3 is 5.73 Å². The SMILES string of the molecule is CC(C)c1cccc(C(=N)N)c1C(C)C. The lowest BCUT2D eigenvalue weighted by atomic mass is 9.86. The molecule has 0 saturated heterocycles. The summed E-state index contributed by atoms with van der Waals surface area (Å²) in [6.45, 7) is 8.64. The average Bonchev–Trinajstić information content (AvgIpc) is 2.16. The van der Waals surface area contributed by atoms with Gasteiger partial charge in [-0.1, -0.05) is 45.9 Å². The van der Waals surface area contributed by atoms with Crippen molar-refractivity contribution in [1.29, 1.82) is 5.41 Å². The lowest BCUT2D eigenvalue weighted by Crippen LogP contribution is -2.16. The molecule has 82 valence electrons. The molecule has 15 heavy (non-hydrogen) atoms. The first kappa shape index (κ1) is 11.8. The predicted octanol–water partition coefficient (Wildman–Crippen LogP) is 3.22. The predicted molar refractivity (Wildman–Crippen MR) is 65.6 cm³/mol. The van der Waals surface area contributed by atoms with Gasteiger partial charge in [0.05, 0.1) is 0 Å². The van der Waals surface area contributed by atoms with Crippen LogP contribution in [-0.4, -0.2) is 5.84 Å². The van der Waals surface area contributed by atoms with E-state index < -0.39 is 0 Å². The van der Waals surface area contributed by atoms with Crippen molar-refractivity contribution in [2.24, 2.45) is 5.73 Å². The van der Waals surface area contributed by atoms with Crippen LogP contribution in [0.1, 0.15) is 56.2 Å². The molecule has 3 N–H and O–H groups in total. The van der Waals surface area contributed by atoms with Gasteiger partial charge in [0.1, 0.15) is 5.84 Å². The van der Waals surface area contributed by atoms with Gasteiger partial charge in [-0.25, -0.2) is 0 Å². The Morgan fingerprint density at radius 3 is 2.13 bits per heavy atom. The molecule has 0 aliphatic carbocycles. The molecule has 1 aromatic carbocycles. The molecule has 0 bridgehead atoms. The maximum Gasteiger partial charge on any atom is 0.123 e. The molecule has 0 fully saturated rings. The highest BCUT2D eigenvalue weighted by molar-refractivity contribution is 5.97. The fourth-order valence-corrected chi connectivity index (χ4v) is 1.97. The Morgan fingerprint density at radius 1 is 1.13 bits per heavy atom. The van der Waals surface area contributed by atoms with Crippen molar-refractivity contribution in [1.82, 2.24) is 0 Å². The average molecular weight is 204 g/mol. The first-order chi connectivity index (χ1) is 6.95. The molecule has 0 aromatic heterocycles. The van der Waals surface area contributed by atoms with Gasteiger partial charge in [0, 0.05) is 5.56 Å². The molecule has 0 radical (unpaired) electrons. The van der Waals surface area contributed by atoms with Crippen LogP contribution in [0.2, 0.25) is 0 Å². The Hall–Kier alpha value is -1.31. The maximum absolute atomic E-state index is 7.58.